The summed E-state index contributed by atoms with van der Waals surface area (Å²) in [7, 11) is 2.03. The maximum absolute atomic E-state index is 5.10. The van der Waals surface area contributed by atoms with E-state index in [-0.39, 0.29) is 0 Å². The fraction of sp³-hybridized carbons (Fsp3) is 0.818. The summed E-state index contributed by atoms with van der Waals surface area (Å²) >= 11 is 0. The molecular formula is C11H20N4O. The first-order chi connectivity index (χ1) is 7.81. The summed E-state index contributed by atoms with van der Waals surface area (Å²) in [5.74, 6) is 1.56. The number of nitrogens with zero attached hydrogens (tertiary/aromatic N) is 3. The van der Waals surface area contributed by atoms with Crippen molar-refractivity contribution in [2.75, 3.05) is 20.1 Å². The van der Waals surface area contributed by atoms with Crippen molar-refractivity contribution in [2.45, 2.75) is 38.8 Å². The quantitative estimate of drug-likeness (QED) is 0.820. The molecule has 0 amide bonds. The molecule has 1 aliphatic heterocycles. The summed E-state index contributed by atoms with van der Waals surface area (Å²) in [5.41, 5.74) is 0. The Morgan fingerprint density at radius 3 is 2.75 bits per heavy atom. The smallest absolute Gasteiger partial charge is 0.226 e. The van der Waals surface area contributed by atoms with Crippen LogP contribution < -0.4 is 5.32 Å². The van der Waals surface area contributed by atoms with Gasteiger partial charge in [-0.15, -0.1) is 0 Å². The molecule has 2 rings (SSSR count). The highest BCUT2D eigenvalue weighted by atomic mass is 16.5. The SMILES string of the molecule is CCc1nc(CN2CCC(NC)CC2)no1. The van der Waals surface area contributed by atoms with Gasteiger partial charge in [-0.1, -0.05) is 12.1 Å². The Bertz CT molecular complexity index is 318. The molecular weight excluding hydrogens is 204 g/mol. The van der Waals surface area contributed by atoms with Gasteiger partial charge in [0, 0.05) is 25.6 Å². The van der Waals surface area contributed by atoms with E-state index in [0.717, 1.165) is 37.8 Å². The number of aromatic nitrogens is 2. The Labute approximate surface area is 96.2 Å². The molecule has 0 saturated carbocycles. The third kappa shape index (κ3) is 2.80. The predicted octanol–water partition coefficient (Wildman–Crippen LogP) is 0.816. The molecule has 5 heteroatoms. The second-order valence-electron chi connectivity index (χ2n) is 4.30. The van der Waals surface area contributed by atoms with E-state index in [1.54, 1.807) is 0 Å². The lowest BCUT2D eigenvalue weighted by Crippen LogP contribution is -2.40. The van der Waals surface area contributed by atoms with Gasteiger partial charge in [0.1, 0.15) is 0 Å². The summed E-state index contributed by atoms with van der Waals surface area (Å²) in [5, 5.41) is 7.30. The lowest BCUT2D eigenvalue weighted by atomic mass is 10.1. The Morgan fingerprint density at radius 2 is 2.19 bits per heavy atom. The number of rotatable bonds is 4. The maximum Gasteiger partial charge on any atom is 0.226 e. The van der Waals surface area contributed by atoms with E-state index in [4.69, 9.17) is 4.52 Å². The van der Waals surface area contributed by atoms with Gasteiger partial charge in [-0.2, -0.15) is 4.98 Å². The summed E-state index contributed by atoms with van der Waals surface area (Å²) < 4.78 is 5.10. The monoisotopic (exact) mass is 224 g/mol. The Kier molecular flexibility index (Phi) is 3.90. The molecule has 5 nitrogen and oxygen atoms in total. The molecule has 1 N–H and O–H groups in total. The minimum absolute atomic E-state index is 0.674. The van der Waals surface area contributed by atoms with Gasteiger partial charge in [-0.05, 0) is 19.9 Å². The van der Waals surface area contributed by atoms with Gasteiger partial charge < -0.3 is 9.84 Å². The van der Waals surface area contributed by atoms with E-state index < -0.39 is 0 Å². The Balaban J connectivity index is 1.82. The first kappa shape index (κ1) is 11.5. The van der Waals surface area contributed by atoms with Crippen molar-refractivity contribution in [1.29, 1.82) is 0 Å². The predicted molar refractivity (Wildman–Crippen MR) is 61.0 cm³/mol. The minimum Gasteiger partial charge on any atom is -0.339 e. The molecule has 0 bridgehead atoms. The largest absolute Gasteiger partial charge is 0.339 e. The Morgan fingerprint density at radius 1 is 1.44 bits per heavy atom. The Hall–Kier alpha value is -0.940. The standard InChI is InChI=1S/C11H20N4O/c1-3-11-13-10(14-16-11)8-15-6-4-9(12-2)5-7-15/h9,12H,3-8H2,1-2H3. The van der Waals surface area contributed by atoms with E-state index in [0.29, 0.717) is 6.04 Å². The van der Waals surface area contributed by atoms with Crippen LogP contribution in [0.5, 0.6) is 0 Å². The van der Waals surface area contributed by atoms with E-state index in [1.807, 2.05) is 14.0 Å². The number of hydrogen-bond acceptors (Lipinski definition) is 5. The lowest BCUT2D eigenvalue weighted by Gasteiger charge is -2.30. The topological polar surface area (TPSA) is 54.2 Å². The molecule has 0 atom stereocenters. The van der Waals surface area contributed by atoms with E-state index in [2.05, 4.69) is 20.4 Å². The first-order valence-corrected chi connectivity index (χ1v) is 6.03. The van der Waals surface area contributed by atoms with E-state index in [1.165, 1.54) is 12.8 Å². The van der Waals surface area contributed by atoms with Gasteiger partial charge in [0.2, 0.25) is 5.89 Å². The van der Waals surface area contributed by atoms with Crippen molar-refractivity contribution in [2.24, 2.45) is 0 Å². The van der Waals surface area contributed by atoms with Crippen molar-refractivity contribution in [3.63, 3.8) is 0 Å². The van der Waals surface area contributed by atoms with Crippen molar-refractivity contribution in [3.8, 4) is 0 Å². The molecule has 1 aliphatic rings. The highest BCUT2D eigenvalue weighted by molar-refractivity contribution is 4.87. The summed E-state index contributed by atoms with van der Waals surface area (Å²) in [6, 6.07) is 0.674. The summed E-state index contributed by atoms with van der Waals surface area (Å²) in [4.78, 5) is 6.71. The van der Waals surface area contributed by atoms with Gasteiger partial charge in [0.25, 0.3) is 0 Å². The third-order valence-corrected chi connectivity index (χ3v) is 3.17. The van der Waals surface area contributed by atoms with Crippen molar-refractivity contribution in [3.05, 3.63) is 11.7 Å². The first-order valence-electron chi connectivity index (χ1n) is 6.03. The van der Waals surface area contributed by atoms with Gasteiger partial charge in [-0.25, -0.2) is 0 Å². The van der Waals surface area contributed by atoms with Crippen molar-refractivity contribution < 1.29 is 4.52 Å². The van der Waals surface area contributed by atoms with Crippen LogP contribution in [0, 0.1) is 0 Å². The van der Waals surface area contributed by atoms with Crippen LogP contribution in [0.3, 0.4) is 0 Å². The van der Waals surface area contributed by atoms with Crippen LogP contribution in [-0.4, -0.2) is 41.2 Å². The molecule has 16 heavy (non-hydrogen) atoms. The van der Waals surface area contributed by atoms with E-state index >= 15 is 0 Å². The zero-order chi connectivity index (χ0) is 11.4. The number of piperidine rings is 1. The second-order valence-corrected chi connectivity index (χ2v) is 4.30. The van der Waals surface area contributed by atoms with Crippen molar-refractivity contribution in [1.82, 2.24) is 20.4 Å². The summed E-state index contributed by atoms with van der Waals surface area (Å²) in [6.45, 7) is 5.07. The van der Waals surface area contributed by atoms with Crippen LogP contribution in [-0.2, 0) is 13.0 Å². The molecule has 1 aromatic rings. The van der Waals surface area contributed by atoms with Gasteiger partial charge in [0.05, 0.1) is 6.54 Å². The molecule has 90 valence electrons. The van der Waals surface area contributed by atoms with E-state index in [9.17, 15) is 0 Å². The average molecular weight is 224 g/mol. The number of aryl methyl sites for hydroxylation is 1. The van der Waals surface area contributed by atoms with Crippen LogP contribution in [0.2, 0.25) is 0 Å². The van der Waals surface area contributed by atoms with Crippen LogP contribution in [0.1, 0.15) is 31.5 Å². The van der Waals surface area contributed by atoms with Gasteiger partial charge in [-0.3, -0.25) is 4.90 Å². The van der Waals surface area contributed by atoms with Crippen LogP contribution in [0.15, 0.2) is 4.52 Å². The van der Waals surface area contributed by atoms with Gasteiger partial charge in [0.15, 0.2) is 5.82 Å². The van der Waals surface area contributed by atoms with Crippen LogP contribution >= 0.6 is 0 Å². The fourth-order valence-corrected chi connectivity index (χ4v) is 2.08. The lowest BCUT2D eigenvalue weighted by molar-refractivity contribution is 0.188. The zero-order valence-electron chi connectivity index (χ0n) is 10.1. The third-order valence-electron chi connectivity index (χ3n) is 3.17. The fourth-order valence-electron chi connectivity index (χ4n) is 2.08. The highest BCUT2D eigenvalue weighted by Crippen LogP contribution is 2.12. The maximum atomic E-state index is 5.10. The van der Waals surface area contributed by atoms with Crippen molar-refractivity contribution >= 4 is 0 Å². The molecule has 0 unspecified atom stereocenters. The van der Waals surface area contributed by atoms with Gasteiger partial charge >= 0.3 is 0 Å². The summed E-state index contributed by atoms with van der Waals surface area (Å²) in [6.07, 6.45) is 3.22. The average Bonchev–Trinajstić information content (AvgIpc) is 2.78. The molecule has 2 heterocycles. The molecule has 1 aromatic heterocycles. The molecule has 0 aliphatic carbocycles. The normalized spacial score (nSPS) is 19.1. The number of hydrogen-bond donors (Lipinski definition) is 1. The number of likely N-dealkylation sites (tertiary alicyclic amines) is 1. The molecule has 1 fully saturated rings. The molecule has 0 radical (unpaired) electrons. The second kappa shape index (κ2) is 5.41. The molecule has 0 aromatic carbocycles. The number of nitrogens with one attached hydrogen (secondary N) is 1. The molecule has 1 saturated heterocycles. The highest BCUT2D eigenvalue weighted by Gasteiger charge is 2.19. The van der Waals surface area contributed by atoms with Crippen LogP contribution in [0.4, 0.5) is 0 Å². The minimum atomic E-state index is 0.674. The zero-order valence-corrected chi connectivity index (χ0v) is 10.1. The van der Waals surface area contributed by atoms with Crippen LogP contribution in [0.25, 0.3) is 0 Å². The molecule has 0 spiro atoms.